The molecule has 2 N–H and O–H groups in total. The summed E-state index contributed by atoms with van der Waals surface area (Å²) in [6, 6.07) is 6.15. The van der Waals surface area contributed by atoms with E-state index in [1.807, 2.05) is 0 Å². The fourth-order valence-electron chi connectivity index (χ4n) is 1.42. The Balaban J connectivity index is 2.24. The molecule has 1 aromatic heterocycles. The number of aromatic nitrogens is 3. The Bertz CT molecular complexity index is 606. The molecule has 0 saturated heterocycles. The van der Waals surface area contributed by atoms with Gasteiger partial charge in [0.25, 0.3) is 5.91 Å². The molecule has 2 rings (SSSR count). The van der Waals surface area contributed by atoms with E-state index in [4.69, 9.17) is 5.11 Å². The van der Waals surface area contributed by atoms with E-state index in [0.29, 0.717) is 0 Å². The Morgan fingerprint density at radius 1 is 1.33 bits per heavy atom. The largest absolute Gasteiger partial charge is 0.478 e. The summed E-state index contributed by atoms with van der Waals surface area (Å²) in [4.78, 5) is 22.7. The molecule has 0 fully saturated rings. The smallest absolute Gasteiger partial charge is 0.337 e. The van der Waals surface area contributed by atoms with E-state index >= 15 is 0 Å². The van der Waals surface area contributed by atoms with Gasteiger partial charge in [-0.05, 0) is 12.1 Å². The van der Waals surface area contributed by atoms with Gasteiger partial charge < -0.3 is 10.4 Å². The van der Waals surface area contributed by atoms with Crippen LogP contribution in [0.15, 0.2) is 30.5 Å². The van der Waals surface area contributed by atoms with Crippen molar-refractivity contribution >= 4 is 17.6 Å². The number of hydrogen-bond acceptors (Lipinski definition) is 4. The number of aromatic carboxylic acids is 1. The van der Waals surface area contributed by atoms with E-state index in [1.165, 1.54) is 23.0 Å². The minimum Gasteiger partial charge on any atom is -0.478 e. The van der Waals surface area contributed by atoms with Crippen molar-refractivity contribution in [1.29, 1.82) is 0 Å². The second kappa shape index (κ2) is 4.66. The lowest BCUT2D eigenvalue weighted by Crippen LogP contribution is -2.15. The minimum absolute atomic E-state index is 0.0229. The van der Waals surface area contributed by atoms with E-state index in [9.17, 15) is 9.59 Å². The maximum Gasteiger partial charge on any atom is 0.337 e. The van der Waals surface area contributed by atoms with Gasteiger partial charge in [-0.25, -0.2) is 4.79 Å². The molecule has 0 radical (unpaired) electrons. The number of hydrogen-bond donors (Lipinski definition) is 2. The van der Waals surface area contributed by atoms with Crippen LogP contribution in [0.3, 0.4) is 0 Å². The highest BCUT2D eigenvalue weighted by Crippen LogP contribution is 2.15. The van der Waals surface area contributed by atoms with Crippen LogP contribution in [0.2, 0.25) is 0 Å². The van der Waals surface area contributed by atoms with Crippen molar-refractivity contribution in [3.8, 4) is 0 Å². The third-order valence-electron chi connectivity index (χ3n) is 2.24. The topological polar surface area (TPSA) is 97.1 Å². The number of carboxylic acid groups (broad SMARTS) is 1. The molecule has 1 heterocycles. The molecule has 7 heteroatoms. The average Bonchev–Trinajstić information content (AvgIpc) is 2.76. The second-order valence-corrected chi connectivity index (χ2v) is 3.58. The van der Waals surface area contributed by atoms with Crippen molar-refractivity contribution in [2.45, 2.75) is 0 Å². The molecule has 2 aromatic rings. The number of carbonyl (C=O) groups is 2. The van der Waals surface area contributed by atoms with Crippen molar-refractivity contribution in [2.75, 3.05) is 5.32 Å². The van der Waals surface area contributed by atoms with E-state index in [2.05, 4.69) is 15.6 Å². The molecular formula is C11H10N4O3. The van der Waals surface area contributed by atoms with Crippen LogP contribution < -0.4 is 5.32 Å². The monoisotopic (exact) mass is 246 g/mol. The molecular weight excluding hydrogens is 236 g/mol. The molecule has 0 aliphatic rings. The Hall–Kier alpha value is -2.70. The molecule has 0 aliphatic carbocycles. The fraction of sp³-hybridized carbons (Fsp3) is 0.0909. The first-order valence-corrected chi connectivity index (χ1v) is 5.08. The lowest BCUT2D eigenvalue weighted by Gasteiger charge is -2.06. The summed E-state index contributed by atoms with van der Waals surface area (Å²) in [5, 5.41) is 18.7. The van der Waals surface area contributed by atoms with Gasteiger partial charge in [-0.3, -0.25) is 9.48 Å². The van der Waals surface area contributed by atoms with E-state index in [1.54, 1.807) is 19.2 Å². The van der Waals surface area contributed by atoms with Gasteiger partial charge in [0.2, 0.25) is 0 Å². The molecule has 0 unspecified atom stereocenters. The average molecular weight is 246 g/mol. The lowest BCUT2D eigenvalue weighted by atomic mass is 10.2. The number of para-hydroxylation sites is 1. The number of anilines is 1. The molecule has 0 spiro atoms. The molecule has 1 aromatic carbocycles. The summed E-state index contributed by atoms with van der Waals surface area (Å²) in [6.07, 6.45) is 1.44. The third-order valence-corrected chi connectivity index (χ3v) is 2.24. The van der Waals surface area contributed by atoms with Gasteiger partial charge in [0, 0.05) is 7.05 Å². The van der Waals surface area contributed by atoms with E-state index in [0.717, 1.165) is 0 Å². The number of nitrogens with one attached hydrogen (secondary N) is 1. The first-order chi connectivity index (χ1) is 8.58. The predicted octanol–water partition coefficient (Wildman–Crippen LogP) is 0.766. The zero-order valence-corrected chi connectivity index (χ0v) is 9.49. The van der Waals surface area contributed by atoms with Gasteiger partial charge in [0.1, 0.15) is 0 Å². The Morgan fingerprint density at radius 2 is 2.06 bits per heavy atom. The van der Waals surface area contributed by atoms with E-state index < -0.39 is 11.9 Å². The second-order valence-electron chi connectivity index (χ2n) is 3.58. The first-order valence-electron chi connectivity index (χ1n) is 5.08. The number of carboxylic acids is 1. The van der Waals surface area contributed by atoms with Gasteiger partial charge in [0.05, 0.1) is 17.4 Å². The summed E-state index contributed by atoms with van der Waals surface area (Å²) >= 11 is 0. The van der Waals surface area contributed by atoms with Gasteiger partial charge >= 0.3 is 5.97 Å². The lowest BCUT2D eigenvalue weighted by molar-refractivity contribution is 0.0698. The Kier molecular flexibility index (Phi) is 3.05. The summed E-state index contributed by atoms with van der Waals surface area (Å²) in [7, 11) is 1.63. The SMILES string of the molecule is Cn1cc(C(=O)Nc2ccccc2C(=O)O)nn1. The summed E-state index contributed by atoms with van der Waals surface area (Å²) in [5.41, 5.74) is 0.369. The molecule has 1 amide bonds. The predicted molar refractivity (Wildman–Crippen MR) is 62.4 cm³/mol. The molecule has 7 nitrogen and oxygen atoms in total. The minimum atomic E-state index is -1.11. The van der Waals surface area contributed by atoms with Gasteiger partial charge in [0.15, 0.2) is 5.69 Å². The summed E-state index contributed by atoms with van der Waals surface area (Å²) < 4.78 is 1.39. The van der Waals surface area contributed by atoms with Crippen molar-refractivity contribution in [1.82, 2.24) is 15.0 Å². The normalized spacial score (nSPS) is 10.1. The van der Waals surface area contributed by atoms with Crippen molar-refractivity contribution < 1.29 is 14.7 Å². The highest BCUT2D eigenvalue weighted by atomic mass is 16.4. The molecule has 0 aliphatic heterocycles. The molecule has 0 saturated carbocycles. The Labute approximate surface area is 102 Å². The number of amides is 1. The third kappa shape index (κ3) is 2.34. The number of carbonyl (C=O) groups excluding carboxylic acids is 1. The van der Waals surface area contributed by atoms with Gasteiger partial charge in [-0.1, -0.05) is 17.3 Å². The highest BCUT2D eigenvalue weighted by molar-refractivity contribution is 6.06. The maximum atomic E-state index is 11.8. The van der Waals surface area contributed by atoms with E-state index in [-0.39, 0.29) is 16.9 Å². The van der Waals surface area contributed by atoms with Crippen molar-refractivity contribution in [3.05, 3.63) is 41.7 Å². The number of rotatable bonds is 3. The summed E-state index contributed by atoms with van der Waals surface area (Å²) in [6.45, 7) is 0. The van der Waals surface area contributed by atoms with Crippen LogP contribution in [0.25, 0.3) is 0 Å². The van der Waals surface area contributed by atoms with Crippen LogP contribution in [0.4, 0.5) is 5.69 Å². The van der Waals surface area contributed by atoms with Crippen molar-refractivity contribution in [2.24, 2.45) is 7.05 Å². The first kappa shape index (κ1) is 11.8. The van der Waals surface area contributed by atoms with Crippen LogP contribution in [0, 0.1) is 0 Å². The zero-order chi connectivity index (χ0) is 13.1. The quantitative estimate of drug-likeness (QED) is 0.833. The van der Waals surface area contributed by atoms with Gasteiger partial charge in [-0.15, -0.1) is 5.10 Å². The number of benzene rings is 1. The Morgan fingerprint density at radius 3 is 2.67 bits per heavy atom. The maximum absolute atomic E-state index is 11.8. The number of aryl methyl sites for hydroxylation is 1. The molecule has 18 heavy (non-hydrogen) atoms. The zero-order valence-electron chi connectivity index (χ0n) is 9.49. The van der Waals surface area contributed by atoms with Crippen LogP contribution in [0.1, 0.15) is 20.8 Å². The molecule has 0 atom stereocenters. The summed E-state index contributed by atoms with van der Waals surface area (Å²) in [5.74, 6) is -1.61. The standard InChI is InChI=1S/C11H10N4O3/c1-15-6-9(13-14-15)10(16)12-8-5-3-2-4-7(8)11(17)18/h2-6H,1H3,(H,12,16)(H,17,18). The molecule has 0 bridgehead atoms. The number of nitrogens with zero attached hydrogens (tertiary/aromatic N) is 3. The van der Waals surface area contributed by atoms with Gasteiger partial charge in [-0.2, -0.15) is 0 Å². The van der Waals surface area contributed by atoms with Crippen LogP contribution >= 0.6 is 0 Å². The fourth-order valence-corrected chi connectivity index (χ4v) is 1.42. The van der Waals surface area contributed by atoms with Crippen LogP contribution in [0.5, 0.6) is 0 Å². The molecule has 92 valence electrons. The van der Waals surface area contributed by atoms with Crippen molar-refractivity contribution in [3.63, 3.8) is 0 Å². The van der Waals surface area contributed by atoms with Crippen LogP contribution in [-0.4, -0.2) is 32.0 Å². The highest BCUT2D eigenvalue weighted by Gasteiger charge is 2.14. The van der Waals surface area contributed by atoms with Crippen LogP contribution in [-0.2, 0) is 7.05 Å².